The highest BCUT2D eigenvalue weighted by atomic mass is 19.1. The van der Waals surface area contributed by atoms with E-state index in [0.717, 1.165) is 37.4 Å². The lowest BCUT2D eigenvalue weighted by molar-refractivity contribution is 0.0940. The number of piperazine rings is 1. The Morgan fingerprint density at radius 3 is 2.55 bits per heavy atom. The Bertz CT molecular complexity index is 1080. The first-order chi connectivity index (χ1) is 14.9. The fourth-order valence-corrected chi connectivity index (χ4v) is 3.77. The van der Waals surface area contributed by atoms with Crippen LogP contribution in [-0.4, -0.2) is 53.8 Å². The molecule has 1 aliphatic heterocycles. The van der Waals surface area contributed by atoms with Crippen molar-refractivity contribution in [2.45, 2.75) is 13.0 Å². The SMILES string of the molecule is CC(NC(=O)c1cnn(-c2ccccc2F)c1)c1cc(F)ccc1N1CCN(C)CC1. The number of nitrogens with zero attached hydrogens (tertiary/aromatic N) is 4. The number of anilines is 1. The number of para-hydroxylation sites is 1. The highest BCUT2D eigenvalue weighted by Crippen LogP contribution is 2.28. The molecule has 1 N–H and O–H groups in total. The molecule has 1 aliphatic rings. The van der Waals surface area contributed by atoms with Crippen molar-refractivity contribution in [3.8, 4) is 5.69 Å². The number of aromatic nitrogens is 2. The Kier molecular flexibility index (Phi) is 5.99. The largest absolute Gasteiger partial charge is 0.369 e. The summed E-state index contributed by atoms with van der Waals surface area (Å²) < 4.78 is 29.4. The van der Waals surface area contributed by atoms with Crippen LogP contribution in [0.5, 0.6) is 0 Å². The van der Waals surface area contributed by atoms with Crippen molar-refractivity contribution in [2.75, 3.05) is 38.1 Å². The lowest BCUT2D eigenvalue weighted by Crippen LogP contribution is -2.45. The molecule has 0 radical (unpaired) electrons. The van der Waals surface area contributed by atoms with Gasteiger partial charge in [0.05, 0.1) is 17.8 Å². The molecule has 1 unspecified atom stereocenters. The van der Waals surface area contributed by atoms with E-state index >= 15 is 0 Å². The summed E-state index contributed by atoms with van der Waals surface area (Å²) >= 11 is 0. The van der Waals surface area contributed by atoms with Crippen molar-refractivity contribution >= 4 is 11.6 Å². The highest BCUT2D eigenvalue weighted by Gasteiger charge is 2.22. The molecular weight excluding hydrogens is 400 g/mol. The van der Waals surface area contributed by atoms with Gasteiger partial charge in [0.25, 0.3) is 5.91 Å². The number of nitrogens with one attached hydrogen (secondary N) is 1. The van der Waals surface area contributed by atoms with Gasteiger partial charge in [0, 0.05) is 43.6 Å². The molecule has 1 fully saturated rings. The Morgan fingerprint density at radius 2 is 1.81 bits per heavy atom. The van der Waals surface area contributed by atoms with Crippen LogP contribution >= 0.6 is 0 Å². The van der Waals surface area contributed by atoms with Crippen LogP contribution < -0.4 is 10.2 Å². The van der Waals surface area contributed by atoms with Gasteiger partial charge in [0.1, 0.15) is 17.3 Å². The summed E-state index contributed by atoms with van der Waals surface area (Å²) in [6, 6.07) is 10.5. The van der Waals surface area contributed by atoms with Crippen molar-refractivity contribution in [3.05, 3.63) is 77.6 Å². The first kappa shape index (κ1) is 21.0. The van der Waals surface area contributed by atoms with Crippen LogP contribution in [0.2, 0.25) is 0 Å². The monoisotopic (exact) mass is 425 g/mol. The van der Waals surface area contributed by atoms with E-state index in [4.69, 9.17) is 0 Å². The van der Waals surface area contributed by atoms with E-state index in [-0.39, 0.29) is 17.4 Å². The molecule has 0 saturated carbocycles. The zero-order valence-electron chi connectivity index (χ0n) is 17.6. The molecule has 1 atom stereocenters. The third-order valence-corrected chi connectivity index (χ3v) is 5.59. The second-order valence-corrected chi connectivity index (χ2v) is 7.81. The summed E-state index contributed by atoms with van der Waals surface area (Å²) in [7, 11) is 2.08. The first-order valence-corrected chi connectivity index (χ1v) is 10.3. The Hall–Kier alpha value is -3.26. The topological polar surface area (TPSA) is 53.4 Å². The predicted molar refractivity (Wildman–Crippen MR) is 116 cm³/mol. The van der Waals surface area contributed by atoms with Crippen LogP contribution in [0.1, 0.15) is 28.9 Å². The first-order valence-electron chi connectivity index (χ1n) is 10.3. The molecule has 4 rings (SSSR count). The molecule has 0 aliphatic carbocycles. The van der Waals surface area contributed by atoms with E-state index in [0.29, 0.717) is 5.56 Å². The lowest BCUT2D eigenvalue weighted by Gasteiger charge is -2.36. The normalized spacial score (nSPS) is 15.7. The van der Waals surface area contributed by atoms with Gasteiger partial charge in [-0.3, -0.25) is 4.79 Å². The predicted octanol–water partition coefficient (Wildman–Crippen LogP) is 3.39. The minimum absolute atomic E-state index is 0.261. The molecule has 2 heterocycles. The second-order valence-electron chi connectivity index (χ2n) is 7.81. The maximum Gasteiger partial charge on any atom is 0.254 e. The molecule has 8 heteroatoms. The van der Waals surface area contributed by atoms with E-state index in [1.807, 2.05) is 6.92 Å². The smallest absolute Gasteiger partial charge is 0.254 e. The summed E-state index contributed by atoms with van der Waals surface area (Å²) in [5.41, 5.74) is 2.20. The molecule has 31 heavy (non-hydrogen) atoms. The van der Waals surface area contributed by atoms with Crippen molar-refractivity contribution in [3.63, 3.8) is 0 Å². The van der Waals surface area contributed by atoms with Gasteiger partial charge < -0.3 is 15.1 Å². The number of hydrogen-bond acceptors (Lipinski definition) is 4. The van der Waals surface area contributed by atoms with Crippen LogP contribution in [0.3, 0.4) is 0 Å². The van der Waals surface area contributed by atoms with Crippen molar-refractivity contribution in [1.29, 1.82) is 0 Å². The number of halogens is 2. The summed E-state index contributed by atoms with van der Waals surface area (Å²) in [6.45, 7) is 5.35. The third-order valence-electron chi connectivity index (χ3n) is 5.59. The van der Waals surface area contributed by atoms with Gasteiger partial charge in [-0.15, -0.1) is 0 Å². The number of carbonyl (C=O) groups is 1. The molecule has 2 aromatic carbocycles. The molecule has 1 saturated heterocycles. The number of amides is 1. The van der Waals surface area contributed by atoms with Crippen LogP contribution in [0.25, 0.3) is 5.69 Å². The van der Waals surface area contributed by atoms with E-state index in [9.17, 15) is 13.6 Å². The quantitative estimate of drug-likeness (QED) is 0.681. The average molecular weight is 425 g/mol. The number of rotatable bonds is 5. The van der Waals surface area contributed by atoms with Crippen LogP contribution in [0.4, 0.5) is 14.5 Å². The fourth-order valence-electron chi connectivity index (χ4n) is 3.77. The third kappa shape index (κ3) is 4.59. The minimum atomic E-state index is -0.428. The van der Waals surface area contributed by atoms with E-state index in [2.05, 4.69) is 27.3 Å². The zero-order chi connectivity index (χ0) is 22.0. The highest BCUT2D eigenvalue weighted by molar-refractivity contribution is 5.94. The van der Waals surface area contributed by atoms with Crippen LogP contribution in [-0.2, 0) is 0 Å². The van der Waals surface area contributed by atoms with Crippen molar-refractivity contribution in [1.82, 2.24) is 20.0 Å². The molecule has 0 bridgehead atoms. The maximum absolute atomic E-state index is 14.0. The second kappa shape index (κ2) is 8.85. The molecular formula is C23H25F2N5O. The molecule has 0 spiro atoms. The van der Waals surface area contributed by atoms with Crippen LogP contribution in [0, 0.1) is 11.6 Å². The Morgan fingerprint density at radius 1 is 1.06 bits per heavy atom. The van der Waals surface area contributed by atoms with Gasteiger partial charge in [-0.1, -0.05) is 12.1 Å². The number of likely N-dealkylation sites (N-methyl/N-ethyl adjacent to an activating group) is 1. The van der Waals surface area contributed by atoms with E-state index in [1.165, 1.54) is 35.3 Å². The molecule has 162 valence electrons. The zero-order valence-corrected chi connectivity index (χ0v) is 17.6. The van der Waals surface area contributed by atoms with Gasteiger partial charge in [0.15, 0.2) is 0 Å². The van der Waals surface area contributed by atoms with E-state index in [1.54, 1.807) is 24.3 Å². The number of carbonyl (C=O) groups excluding carboxylic acids is 1. The van der Waals surface area contributed by atoms with Crippen molar-refractivity contribution in [2.24, 2.45) is 0 Å². The summed E-state index contributed by atoms with van der Waals surface area (Å²) in [5, 5.41) is 7.02. The molecule has 3 aromatic rings. The van der Waals surface area contributed by atoms with Gasteiger partial charge in [-0.2, -0.15) is 5.10 Å². The standard InChI is InChI=1S/C23H25F2N5O/c1-16(19-13-18(24)7-8-21(19)29-11-9-28(2)10-12-29)27-23(31)17-14-26-30(15-17)22-6-4-3-5-20(22)25/h3-8,13-16H,9-12H2,1-2H3,(H,27,31). The summed E-state index contributed by atoms with van der Waals surface area (Å²) in [6.07, 6.45) is 2.87. The van der Waals surface area contributed by atoms with Gasteiger partial charge >= 0.3 is 0 Å². The fraction of sp³-hybridized carbons (Fsp3) is 0.304. The van der Waals surface area contributed by atoms with E-state index < -0.39 is 11.9 Å². The average Bonchev–Trinajstić information content (AvgIpc) is 3.25. The molecule has 6 nitrogen and oxygen atoms in total. The minimum Gasteiger partial charge on any atom is -0.369 e. The number of hydrogen-bond donors (Lipinski definition) is 1. The Labute approximate surface area is 180 Å². The Balaban J connectivity index is 1.52. The number of benzene rings is 2. The maximum atomic E-state index is 14.0. The van der Waals surface area contributed by atoms with Gasteiger partial charge in [-0.25, -0.2) is 13.5 Å². The molecule has 1 amide bonds. The van der Waals surface area contributed by atoms with Gasteiger partial charge in [0.2, 0.25) is 0 Å². The van der Waals surface area contributed by atoms with Crippen LogP contribution in [0.15, 0.2) is 54.9 Å². The van der Waals surface area contributed by atoms with Gasteiger partial charge in [-0.05, 0) is 44.3 Å². The lowest BCUT2D eigenvalue weighted by atomic mass is 10.0. The van der Waals surface area contributed by atoms with Crippen molar-refractivity contribution < 1.29 is 13.6 Å². The molecule has 1 aromatic heterocycles. The summed E-state index contributed by atoms with van der Waals surface area (Å²) in [4.78, 5) is 17.3. The summed E-state index contributed by atoms with van der Waals surface area (Å²) in [5.74, 6) is -1.13.